The normalized spacial score (nSPS) is 11.7. The second-order valence-corrected chi connectivity index (χ2v) is 4.46. The molecule has 0 heterocycles. The number of nitriles is 1. The predicted octanol–water partition coefficient (Wildman–Crippen LogP) is 3.38. The molecular formula is C16H16N2O. The highest BCUT2D eigenvalue weighted by Crippen LogP contribution is 2.31. The topological polar surface area (TPSA) is 47.3 Å². The van der Waals surface area contributed by atoms with E-state index in [4.69, 9.17) is 5.26 Å². The standard InChI is InChI=1S/C16H16N2O/c1-12(19)15-9-8-13(11-17)10-16(15)18(2)14-6-4-3-5-7-14/h3-10,12,19H,1-2H3/t12-/m1/s1. The number of aliphatic hydroxyl groups excluding tert-OH is 1. The summed E-state index contributed by atoms with van der Waals surface area (Å²) in [5.74, 6) is 0. The number of nitrogens with zero attached hydrogens (tertiary/aromatic N) is 2. The first-order valence-electron chi connectivity index (χ1n) is 6.14. The highest BCUT2D eigenvalue weighted by Gasteiger charge is 2.13. The van der Waals surface area contributed by atoms with E-state index in [-0.39, 0.29) is 0 Å². The van der Waals surface area contributed by atoms with E-state index in [9.17, 15) is 5.11 Å². The summed E-state index contributed by atoms with van der Waals surface area (Å²) in [6, 6.07) is 17.3. The third-order valence-corrected chi connectivity index (χ3v) is 3.11. The predicted molar refractivity (Wildman–Crippen MR) is 76.3 cm³/mol. The van der Waals surface area contributed by atoms with Crippen molar-refractivity contribution in [2.24, 2.45) is 0 Å². The van der Waals surface area contributed by atoms with E-state index in [0.29, 0.717) is 5.56 Å². The maximum Gasteiger partial charge on any atom is 0.0992 e. The molecule has 0 saturated heterocycles. The zero-order valence-electron chi connectivity index (χ0n) is 11.0. The number of benzene rings is 2. The van der Waals surface area contributed by atoms with Crippen molar-refractivity contribution in [1.29, 1.82) is 5.26 Å². The first-order valence-corrected chi connectivity index (χ1v) is 6.14. The van der Waals surface area contributed by atoms with E-state index in [0.717, 1.165) is 16.9 Å². The van der Waals surface area contributed by atoms with Crippen molar-refractivity contribution < 1.29 is 5.11 Å². The quantitative estimate of drug-likeness (QED) is 0.911. The summed E-state index contributed by atoms with van der Waals surface area (Å²) in [5.41, 5.74) is 3.26. The van der Waals surface area contributed by atoms with Gasteiger partial charge in [0, 0.05) is 24.0 Å². The lowest BCUT2D eigenvalue weighted by atomic mass is 10.0. The minimum Gasteiger partial charge on any atom is -0.389 e. The molecule has 1 atom stereocenters. The molecule has 0 aromatic heterocycles. The van der Waals surface area contributed by atoms with Crippen molar-refractivity contribution in [3.05, 3.63) is 59.7 Å². The molecule has 0 spiro atoms. The summed E-state index contributed by atoms with van der Waals surface area (Å²) in [7, 11) is 1.93. The fourth-order valence-corrected chi connectivity index (χ4v) is 2.05. The molecule has 0 radical (unpaired) electrons. The Kier molecular flexibility index (Phi) is 3.84. The molecule has 2 rings (SSSR count). The minimum atomic E-state index is -0.575. The van der Waals surface area contributed by atoms with Gasteiger partial charge in [0.25, 0.3) is 0 Å². The molecule has 3 heteroatoms. The second-order valence-electron chi connectivity index (χ2n) is 4.46. The van der Waals surface area contributed by atoms with Crippen LogP contribution in [0.2, 0.25) is 0 Å². The van der Waals surface area contributed by atoms with Crippen LogP contribution in [0, 0.1) is 11.3 Å². The Hall–Kier alpha value is -2.31. The van der Waals surface area contributed by atoms with Crippen LogP contribution in [0.15, 0.2) is 48.5 Å². The fraction of sp³-hybridized carbons (Fsp3) is 0.188. The Morgan fingerprint density at radius 3 is 2.42 bits per heavy atom. The highest BCUT2D eigenvalue weighted by atomic mass is 16.3. The lowest BCUT2D eigenvalue weighted by Gasteiger charge is -2.24. The summed E-state index contributed by atoms with van der Waals surface area (Å²) < 4.78 is 0. The molecule has 2 aromatic rings. The summed E-state index contributed by atoms with van der Waals surface area (Å²) >= 11 is 0. The van der Waals surface area contributed by atoms with Crippen LogP contribution >= 0.6 is 0 Å². The van der Waals surface area contributed by atoms with Crippen LogP contribution in [0.1, 0.15) is 24.2 Å². The fourth-order valence-electron chi connectivity index (χ4n) is 2.05. The zero-order valence-corrected chi connectivity index (χ0v) is 11.0. The van der Waals surface area contributed by atoms with Crippen molar-refractivity contribution in [1.82, 2.24) is 0 Å². The molecule has 0 unspecified atom stereocenters. The molecule has 0 amide bonds. The lowest BCUT2D eigenvalue weighted by Crippen LogP contribution is -2.13. The van der Waals surface area contributed by atoms with E-state index in [2.05, 4.69) is 6.07 Å². The van der Waals surface area contributed by atoms with Crippen LogP contribution < -0.4 is 4.90 Å². The van der Waals surface area contributed by atoms with Crippen molar-refractivity contribution >= 4 is 11.4 Å². The Morgan fingerprint density at radius 2 is 1.84 bits per heavy atom. The third-order valence-electron chi connectivity index (χ3n) is 3.11. The first kappa shape index (κ1) is 13.1. The molecule has 0 aliphatic carbocycles. The summed E-state index contributed by atoms with van der Waals surface area (Å²) in [6.07, 6.45) is -0.575. The molecule has 3 nitrogen and oxygen atoms in total. The van der Waals surface area contributed by atoms with Crippen LogP contribution in [-0.2, 0) is 0 Å². The molecule has 0 bridgehead atoms. The van der Waals surface area contributed by atoms with Gasteiger partial charge in [-0.15, -0.1) is 0 Å². The molecule has 0 fully saturated rings. The average Bonchev–Trinajstić information content (AvgIpc) is 2.46. The number of anilines is 2. The molecule has 0 aliphatic heterocycles. The Balaban J connectivity index is 2.51. The Morgan fingerprint density at radius 1 is 1.16 bits per heavy atom. The van der Waals surface area contributed by atoms with E-state index < -0.39 is 6.10 Å². The van der Waals surface area contributed by atoms with Crippen LogP contribution in [0.3, 0.4) is 0 Å². The van der Waals surface area contributed by atoms with E-state index in [1.807, 2.05) is 42.3 Å². The van der Waals surface area contributed by atoms with Crippen molar-refractivity contribution in [3.63, 3.8) is 0 Å². The van der Waals surface area contributed by atoms with Gasteiger partial charge >= 0.3 is 0 Å². The van der Waals surface area contributed by atoms with Crippen molar-refractivity contribution in [3.8, 4) is 6.07 Å². The number of rotatable bonds is 3. The highest BCUT2D eigenvalue weighted by molar-refractivity contribution is 5.67. The van der Waals surface area contributed by atoms with Gasteiger partial charge in [-0.25, -0.2) is 0 Å². The van der Waals surface area contributed by atoms with E-state index in [1.165, 1.54) is 0 Å². The monoisotopic (exact) mass is 252 g/mol. The SMILES string of the molecule is C[C@@H](O)c1ccc(C#N)cc1N(C)c1ccccc1. The molecule has 2 aromatic carbocycles. The van der Waals surface area contributed by atoms with Gasteiger partial charge in [-0.1, -0.05) is 24.3 Å². The molecule has 0 saturated carbocycles. The molecule has 0 aliphatic rings. The van der Waals surface area contributed by atoms with E-state index in [1.54, 1.807) is 25.1 Å². The van der Waals surface area contributed by atoms with Crippen LogP contribution in [0.25, 0.3) is 0 Å². The molecule has 19 heavy (non-hydrogen) atoms. The maximum atomic E-state index is 9.85. The largest absolute Gasteiger partial charge is 0.389 e. The number of aliphatic hydroxyl groups is 1. The van der Waals surface area contributed by atoms with Gasteiger partial charge < -0.3 is 10.0 Å². The first-order chi connectivity index (χ1) is 9.13. The Bertz CT molecular complexity index is 600. The molecular weight excluding hydrogens is 236 g/mol. The second kappa shape index (κ2) is 5.55. The average molecular weight is 252 g/mol. The molecule has 96 valence electrons. The smallest absolute Gasteiger partial charge is 0.0992 e. The van der Waals surface area contributed by atoms with Gasteiger partial charge in [-0.3, -0.25) is 0 Å². The van der Waals surface area contributed by atoms with Gasteiger partial charge in [0.05, 0.1) is 17.7 Å². The summed E-state index contributed by atoms with van der Waals surface area (Å²) in [6.45, 7) is 1.73. The minimum absolute atomic E-state index is 0.575. The van der Waals surface area contributed by atoms with Crippen LogP contribution in [-0.4, -0.2) is 12.2 Å². The van der Waals surface area contributed by atoms with Gasteiger partial charge in [0.15, 0.2) is 0 Å². The van der Waals surface area contributed by atoms with Gasteiger partial charge in [-0.05, 0) is 31.2 Å². The molecule has 1 N–H and O–H groups in total. The number of hydrogen-bond acceptors (Lipinski definition) is 3. The van der Waals surface area contributed by atoms with Crippen molar-refractivity contribution in [2.75, 3.05) is 11.9 Å². The Labute approximate surface area is 113 Å². The summed E-state index contributed by atoms with van der Waals surface area (Å²) in [5, 5.41) is 18.9. The maximum absolute atomic E-state index is 9.85. The van der Waals surface area contributed by atoms with Crippen LogP contribution in [0.4, 0.5) is 11.4 Å². The number of para-hydroxylation sites is 1. The van der Waals surface area contributed by atoms with Gasteiger partial charge in [0.1, 0.15) is 0 Å². The van der Waals surface area contributed by atoms with E-state index >= 15 is 0 Å². The zero-order chi connectivity index (χ0) is 13.8. The third kappa shape index (κ3) is 2.75. The van der Waals surface area contributed by atoms with Gasteiger partial charge in [-0.2, -0.15) is 5.26 Å². The van der Waals surface area contributed by atoms with Crippen molar-refractivity contribution in [2.45, 2.75) is 13.0 Å². The lowest BCUT2D eigenvalue weighted by molar-refractivity contribution is 0.200. The number of hydrogen-bond donors (Lipinski definition) is 1. The van der Waals surface area contributed by atoms with Gasteiger partial charge in [0.2, 0.25) is 0 Å². The van der Waals surface area contributed by atoms with Crippen LogP contribution in [0.5, 0.6) is 0 Å². The summed E-state index contributed by atoms with van der Waals surface area (Å²) in [4.78, 5) is 1.98.